The first-order valence-electron chi connectivity index (χ1n) is 10.9. The molecular formula is C25H33N2O3+. The number of anilines is 1. The van der Waals surface area contributed by atoms with E-state index >= 15 is 0 Å². The molecule has 1 atom stereocenters. The van der Waals surface area contributed by atoms with Gasteiger partial charge in [0.25, 0.3) is 5.91 Å². The molecule has 1 aliphatic heterocycles. The number of piperidine rings is 1. The second-order valence-corrected chi connectivity index (χ2v) is 8.23. The molecule has 5 nitrogen and oxygen atoms in total. The van der Waals surface area contributed by atoms with Gasteiger partial charge in [-0.05, 0) is 63.1 Å². The number of amides is 1. The molecule has 2 N–H and O–H groups in total. The van der Waals surface area contributed by atoms with Crippen LogP contribution in [-0.2, 0) is 4.79 Å². The molecule has 3 rings (SSSR count). The minimum atomic E-state index is -0.148. The van der Waals surface area contributed by atoms with Gasteiger partial charge in [0.1, 0.15) is 5.75 Å². The van der Waals surface area contributed by atoms with Crippen molar-refractivity contribution in [2.24, 2.45) is 5.92 Å². The molecule has 30 heavy (non-hydrogen) atoms. The molecule has 1 saturated heterocycles. The van der Waals surface area contributed by atoms with Crippen molar-refractivity contribution in [3.8, 4) is 5.75 Å². The van der Waals surface area contributed by atoms with Crippen molar-refractivity contribution >= 4 is 17.4 Å². The minimum Gasteiger partial charge on any atom is -0.494 e. The molecular weight excluding hydrogens is 376 g/mol. The maximum Gasteiger partial charge on any atom is 0.282 e. The summed E-state index contributed by atoms with van der Waals surface area (Å²) in [5, 5.41) is 3.11. The van der Waals surface area contributed by atoms with Crippen LogP contribution in [0.5, 0.6) is 5.75 Å². The summed E-state index contributed by atoms with van der Waals surface area (Å²) in [6, 6.07) is 13.3. The van der Waals surface area contributed by atoms with E-state index in [1.165, 1.54) is 4.90 Å². The summed E-state index contributed by atoms with van der Waals surface area (Å²) in [5.74, 6) is 1.06. The van der Waals surface area contributed by atoms with Crippen LogP contribution in [0, 0.1) is 19.8 Å². The van der Waals surface area contributed by atoms with Gasteiger partial charge < -0.3 is 15.0 Å². The Morgan fingerprint density at radius 2 is 1.67 bits per heavy atom. The van der Waals surface area contributed by atoms with E-state index in [1.54, 1.807) is 0 Å². The highest BCUT2D eigenvalue weighted by atomic mass is 16.5. The Hall–Kier alpha value is -2.66. The van der Waals surface area contributed by atoms with Crippen LogP contribution in [0.2, 0.25) is 0 Å². The predicted octanol–water partition coefficient (Wildman–Crippen LogP) is 3.21. The van der Waals surface area contributed by atoms with Gasteiger partial charge in [0.15, 0.2) is 11.8 Å². The lowest BCUT2D eigenvalue weighted by Gasteiger charge is -2.32. The monoisotopic (exact) mass is 409 g/mol. The molecule has 0 unspecified atom stereocenters. The van der Waals surface area contributed by atoms with Crippen LogP contribution in [0.15, 0.2) is 42.5 Å². The van der Waals surface area contributed by atoms with Crippen LogP contribution in [0.1, 0.15) is 48.2 Å². The van der Waals surface area contributed by atoms with Gasteiger partial charge in [0.2, 0.25) is 0 Å². The second-order valence-electron chi connectivity index (χ2n) is 8.23. The Morgan fingerprint density at radius 3 is 2.23 bits per heavy atom. The lowest BCUT2D eigenvalue weighted by Crippen LogP contribution is -3.17. The van der Waals surface area contributed by atoms with Crippen molar-refractivity contribution < 1.29 is 19.2 Å². The number of nitrogens with one attached hydrogen (secondary N) is 2. The fourth-order valence-corrected chi connectivity index (χ4v) is 4.23. The van der Waals surface area contributed by atoms with Crippen molar-refractivity contribution in [2.75, 3.05) is 25.0 Å². The average Bonchev–Trinajstić information content (AvgIpc) is 2.76. The average molecular weight is 410 g/mol. The molecule has 0 aliphatic carbocycles. The number of ketones is 1. The van der Waals surface area contributed by atoms with E-state index in [2.05, 4.69) is 5.32 Å². The highest BCUT2D eigenvalue weighted by Gasteiger charge is 2.33. The first-order valence-corrected chi connectivity index (χ1v) is 10.9. The van der Waals surface area contributed by atoms with Crippen LogP contribution in [0.4, 0.5) is 5.69 Å². The Labute approximate surface area is 179 Å². The molecule has 2 aromatic rings. The lowest BCUT2D eigenvalue weighted by molar-refractivity contribution is -0.919. The van der Waals surface area contributed by atoms with E-state index < -0.39 is 0 Å². The topological polar surface area (TPSA) is 59.8 Å². The van der Waals surface area contributed by atoms with Crippen LogP contribution in [0.3, 0.4) is 0 Å². The number of rotatable bonds is 7. The zero-order valence-corrected chi connectivity index (χ0v) is 18.5. The zero-order valence-electron chi connectivity index (χ0n) is 18.5. The van der Waals surface area contributed by atoms with Gasteiger partial charge in [0, 0.05) is 30.0 Å². The molecule has 5 heteroatoms. The van der Waals surface area contributed by atoms with Gasteiger partial charge in [-0.15, -0.1) is 0 Å². The number of Topliss-reactive ketones (excluding diaryl/α,β-unsaturated/α-hetero) is 1. The van der Waals surface area contributed by atoms with Gasteiger partial charge in [-0.25, -0.2) is 0 Å². The largest absolute Gasteiger partial charge is 0.494 e. The first kappa shape index (κ1) is 22.0. The number of hydrogen-bond acceptors (Lipinski definition) is 3. The van der Waals surface area contributed by atoms with E-state index in [9.17, 15) is 9.59 Å². The molecule has 0 radical (unpaired) electrons. The summed E-state index contributed by atoms with van der Waals surface area (Å²) in [6.45, 7) is 10.2. The number of benzene rings is 2. The fourth-order valence-electron chi connectivity index (χ4n) is 4.23. The minimum absolute atomic E-state index is 0.0283. The van der Waals surface area contributed by atoms with Crippen LogP contribution >= 0.6 is 0 Å². The Bertz CT molecular complexity index is 864. The summed E-state index contributed by atoms with van der Waals surface area (Å²) in [6.07, 6.45) is 1.62. The smallest absolute Gasteiger partial charge is 0.282 e. The van der Waals surface area contributed by atoms with E-state index in [1.807, 2.05) is 70.2 Å². The summed E-state index contributed by atoms with van der Waals surface area (Å²) < 4.78 is 5.45. The lowest BCUT2D eigenvalue weighted by atomic mass is 9.88. The molecule has 0 bridgehead atoms. The maximum absolute atomic E-state index is 12.9. The summed E-state index contributed by atoms with van der Waals surface area (Å²) in [7, 11) is 0. The third-order valence-corrected chi connectivity index (χ3v) is 6.18. The normalized spacial score (nSPS) is 19.7. The number of quaternary nitrogens is 1. The van der Waals surface area contributed by atoms with Crippen LogP contribution < -0.4 is 15.0 Å². The standard InChI is InChI=1S/C25H32N2O3/c1-5-30-22-11-9-20(10-12-22)24(28)21-13-15-27(16-14-21)19(4)25(29)26-23-17(2)7-6-8-18(23)3/h6-12,19,21H,5,13-16H2,1-4H3,(H,26,29)/p+1/t19-/m0/s1. The van der Waals surface area contributed by atoms with Gasteiger partial charge in [-0.3, -0.25) is 9.59 Å². The third-order valence-electron chi connectivity index (χ3n) is 6.18. The van der Waals surface area contributed by atoms with Crippen molar-refractivity contribution in [3.63, 3.8) is 0 Å². The molecule has 1 heterocycles. The molecule has 0 saturated carbocycles. The molecule has 1 amide bonds. The highest BCUT2D eigenvalue weighted by Crippen LogP contribution is 2.21. The van der Waals surface area contributed by atoms with Crippen LogP contribution in [0.25, 0.3) is 0 Å². The molecule has 1 aliphatic rings. The second kappa shape index (κ2) is 9.90. The summed E-state index contributed by atoms with van der Waals surface area (Å²) in [5.41, 5.74) is 3.80. The first-order chi connectivity index (χ1) is 14.4. The Kier molecular flexibility index (Phi) is 7.27. The number of likely N-dealkylation sites (tertiary alicyclic amines) is 1. The van der Waals surface area contributed by atoms with Crippen molar-refractivity contribution in [1.82, 2.24) is 0 Å². The molecule has 0 aromatic heterocycles. The van der Waals surface area contributed by atoms with E-state index in [-0.39, 0.29) is 23.7 Å². The molecule has 2 aromatic carbocycles. The third kappa shape index (κ3) is 5.08. The number of para-hydroxylation sites is 1. The fraction of sp³-hybridized carbons (Fsp3) is 0.440. The van der Waals surface area contributed by atoms with Gasteiger partial charge in [-0.2, -0.15) is 0 Å². The van der Waals surface area contributed by atoms with Gasteiger partial charge in [0.05, 0.1) is 19.7 Å². The Morgan fingerprint density at radius 1 is 1.07 bits per heavy atom. The molecule has 0 spiro atoms. The van der Waals surface area contributed by atoms with Crippen molar-refractivity contribution in [2.45, 2.75) is 46.6 Å². The number of aryl methyl sites for hydroxylation is 2. The molecule has 1 fully saturated rings. The van der Waals surface area contributed by atoms with E-state index in [0.29, 0.717) is 6.61 Å². The van der Waals surface area contributed by atoms with Crippen LogP contribution in [-0.4, -0.2) is 37.4 Å². The highest BCUT2D eigenvalue weighted by molar-refractivity contribution is 5.98. The van der Waals surface area contributed by atoms with Gasteiger partial charge in [-0.1, -0.05) is 18.2 Å². The number of carbonyl (C=O) groups is 2. The number of carbonyl (C=O) groups excluding carboxylic acids is 2. The number of hydrogen-bond donors (Lipinski definition) is 2. The van der Waals surface area contributed by atoms with Crippen molar-refractivity contribution in [1.29, 1.82) is 0 Å². The predicted molar refractivity (Wildman–Crippen MR) is 119 cm³/mol. The number of ether oxygens (including phenoxy) is 1. The zero-order chi connectivity index (χ0) is 21.7. The summed E-state index contributed by atoms with van der Waals surface area (Å²) in [4.78, 5) is 26.9. The van der Waals surface area contributed by atoms with Crippen molar-refractivity contribution in [3.05, 3.63) is 59.2 Å². The van der Waals surface area contributed by atoms with Gasteiger partial charge >= 0.3 is 0 Å². The van der Waals surface area contributed by atoms with E-state index in [4.69, 9.17) is 4.74 Å². The quantitative estimate of drug-likeness (QED) is 0.691. The van der Waals surface area contributed by atoms with E-state index in [0.717, 1.165) is 54.1 Å². The summed E-state index contributed by atoms with van der Waals surface area (Å²) >= 11 is 0. The Balaban J connectivity index is 1.55. The SMILES string of the molecule is CCOc1ccc(C(=O)C2CC[NH+]([C@@H](C)C(=O)Nc3c(C)cccc3C)CC2)cc1. The maximum atomic E-state index is 12.9. The molecule has 160 valence electrons.